The van der Waals surface area contributed by atoms with Crippen LogP contribution in [0.3, 0.4) is 0 Å². The minimum Gasteiger partial charge on any atom is -0.493 e. The third-order valence-electron chi connectivity index (χ3n) is 2.24. The van der Waals surface area contributed by atoms with E-state index in [1.54, 1.807) is 0 Å². The average molecular weight is 263 g/mol. The molecule has 0 saturated carbocycles. The number of hydrogen-bond donors (Lipinski definition) is 2. The number of primary amides is 1. The summed E-state index contributed by atoms with van der Waals surface area (Å²) in [5.41, 5.74) is 5.15. The number of carboxylic acids is 1. The summed E-state index contributed by atoms with van der Waals surface area (Å²) in [6.45, 7) is 0. The Labute approximate surface area is 110 Å². The second kappa shape index (κ2) is 6.31. The molecule has 0 unspecified atom stereocenters. The lowest BCUT2D eigenvalue weighted by Crippen LogP contribution is -2.08. The number of aromatic carboxylic acids is 1. The van der Waals surface area contributed by atoms with Crippen LogP contribution in [0.1, 0.15) is 22.3 Å². The summed E-state index contributed by atoms with van der Waals surface area (Å²) >= 11 is 0. The van der Waals surface area contributed by atoms with Crippen LogP contribution < -0.4 is 15.2 Å². The van der Waals surface area contributed by atoms with Crippen molar-refractivity contribution in [2.24, 2.45) is 5.73 Å². The molecule has 0 aromatic heterocycles. The number of carboxylic acid groups (broad SMARTS) is 1. The van der Waals surface area contributed by atoms with Crippen LogP contribution in [0.25, 0.3) is 0 Å². The fourth-order valence-electron chi connectivity index (χ4n) is 1.39. The van der Waals surface area contributed by atoms with E-state index in [0.717, 1.165) is 0 Å². The van der Waals surface area contributed by atoms with Crippen molar-refractivity contribution in [3.05, 3.63) is 23.3 Å². The first-order valence-electron chi connectivity index (χ1n) is 5.26. The summed E-state index contributed by atoms with van der Waals surface area (Å²) in [5.74, 6) is 4.01. The molecule has 0 aliphatic carbocycles. The predicted molar refractivity (Wildman–Crippen MR) is 67.2 cm³/mol. The lowest BCUT2D eigenvalue weighted by atomic mass is 10.1. The molecule has 1 aromatic carbocycles. The van der Waals surface area contributed by atoms with E-state index in [1.807, 2.05) is 0 Å². The Morgan fingerprint density at radius 3 is 2.32 bits per heavy atom. The van der Waals surface area contributed by atoms with Gasteiger partial charge in [0.25, 0.3) is 0 Å². The number of ether oxygens (including phenoxy) is 2. The van der Waals surface area contributed by atoms with E-state index >= 15 is 0 Å². The predicted octanol–water partition coefficient (Wildman–Crippen LogP) is 0.629. The van der Waals surface area contributed by atoms with Crippen LogP contribution in [0.4, 0.5) is 0 Å². The van der Waals surface area contributed by atoms with Gasteiger partial charge in [-0.1, -0.05) is 11.8 Å². The summed E-state index contributed by atoms with van der Waals surface area (Å²) in [6, 6.07) is 2.76. The number of rotatable bonds is 4. The minimum absolute atomic E-state index is 0.0328. The molecule has 6 heteroatoms. The molecule has 1 amide bonds. The molecule has 3 N–H and O–H groups in total. The summed E-state index contributed by atoms with van der Waals surface area (Å²) < 4.78 is 10.1. The van der Waals surface area contributed by atoms with E-state index in [2.05, 4.69) is 11.8 Å². The highest BCUT2D eigenvalue weighted by Gasteiger charge is 2.14. The Kier molecular flexibility index (Phi) is 4.77. The minimum atomic E-state index is -1.15. The van der Waals surface area contributed by atoms with Gasteiger partial charge in [0.15, 0.2) is 11.5 Å². The van der Waals surface area contributed by atoms with Crippen LogP contribution in [-0.4, -0.2) is 31.2 Å². The van der Waals surface area contributed by atoms with E-state index < -0.39 is 11.9 Å². The Morgan fingerprint density at radius 1 is 1.26 bits per heavy atom. The van der Waals surface area contributed by atoms with E-state index in [-0.39, 0.29) is 17.5 Å². The van der Waals surface area contributed by atoms with Crippen LogP contribution in [0, 0.1) is 11.8 Å². The van der Waals surface area contributed by atoms with Crippen LogP contribution in [0.2, 0.25) is 0 Å². The van der Waals surface area contributed by atoms with Gasteiger partial charge in [0, 0.05) is 11.6 Å². The number of benzene rings is 1. The van der Waals surface area contributed by atoms with Gasteiger partial charge in [-0.2, -0.15) is 0 Å². The fourth-order valence-corrected chi connectivity index (χ4v) is 1.39. The summed E-state index contributed by atoms with van der Waals surface area (Å²) in [6.07, 6.45) is -0.145. The fraction of sp³-hybridized carbons (Fsp3) is 0.231. The van der Waals surface area contributed by atoms with Crippen molar-refractivity contribution in [1.29, 1.82) is 0 Å². The Balaban J connectivity index is 3.30. The van der Waals surface area contributed by atoms with E-state index in [1.165, 1.54) is 26.4 Å². The van der Waals surface area contributed by atoms with Gasteiger partial charge < -0.3 is 20.3 Å². The molecule has 0 aliphatic rings. The lowest BCUT2D eigenvalue weighted by molar-refractivity contribution is -0.117. The van der Waals surface area contributed by atoms with Gasteiger partial charge in [0.2, 0.25) is 5.91 Å². The molecule has 6 nitrogen and oxygen atoms in total. The van der Waals surface area contributed by atoms with Crippen LogP contribution >= 0.6 is 0 Å². The highest BCUT2D eigenvalue weighted by molar-refractivity contribution is 5.92. The van der Waals surface area contributed by atoms with Crippen molar-refractivity contribution < 1.29 is 24.2 Å². The van der Waals surface area contributed by atoms with E-state index in [9.17, 15) is 9.59 Å². The quantitative estimate of drug-likeness (QED) is 0.776. The first kappa shape index (κ1) is 14.4. The molecule has 0 radical (unpaired) electrons. The van der Waals surface area contributed by atoms with Crippen LogP contribution in [0.15, 0.2) is 12.1 Å². The summed E-state index contributed by atoms with van der Waals surface area (Å²) in [5, 5.41) is 9.10. The maximum atomic E-state index is 11.1. The van der Waals surface area contributed by atoms with Gasteiger partial charge >= 0.3 is 5.97 Å². The molecule has 0 spiro atoms. The first-order chi connectivity index (χ1) is 8.99. The Bertz CT molecular complexity index is 568. The molecule has 1 aromatic rings. The summed E-state index contributed by atoms with van der Waals surface area (Å²) in [7, 11) is 2.83. The van der Waals surface area contributed by atoms with Gasteiger partial charge in [-0.05, 0) is 6.07 Å². The largest absolute Gasteiger partial charge is 0.493 e. The zero-order valence-corrected chi connectivity index (χ0v) is 10.5. The maximum absolute atomic E-state index is 11.1. The van der Waals surface area contributed by atoms with Gasteiger partial charge in [0.05, 0.1) is 26.2 Å². The van der Waals surface area contributed by atoms with Gasteiger partial charge in [-0.25, -0.2) is 4.79 Å². The zero-order chi connectivity index (χ0) is 14.4. The van der Waals surface area contributed by atoms with Crippen LogP contribution in [0.5, 0.6) is 11.5 Å². The lowest BCUT2D eigenvalue weighted by Gasteiger charge is -2.09. The smallest absolute Gasteiger partial charge is 0.337 e. The monoisotopic (exact) mass is 263 g/mol. The zero-order valence-electron chi connectivity index (χ0n) is 10.5. The summed E-state index contributed by atoms with van der Waals surface area (Å²) in [4.78, 5) is 21.7. The van der Waals surface area contributed by atoms with Crippen molar-refractivity contribution in [3.63, 3.8) is 0 Å². The molecular weight excluding hydrogens is 250 g/mol. The molecule has 19 heavy (non-hydrogen) atoms. The molecule has 100 valence electrons. The molecule has 0 bridgehead atoms. The molecule has 0 saturated heterocycles. The number of nitrogens with two attached hydrogens (primary N) is 1. The maximum Gasteiger partial charge on any atom is 0.337 e. The second-order valence-corrected chi connectivity index (χ2v) is 3.50. The molecule has 0 heterocycles. The normalized spacial score (nSPS) is 9.16. The third kappa shape index (κ3) is 3.64. The van der Waals surface area contributed by atoms with E-state index in [0.29, 0.717) is 11.5 Å². The molecule has 0 atom stereocenters. The topological polar surface area (TPSA) is 98.9 Å². The van der Waals surface area contributed by atoms with Gasteiger partial charge in [-0.15, -0.1) is 0 Å². The molecule has 0 fully saturated rings. The van der Waals surface area contributed by atoms with Gasteiger partial charge in [0.1, 0.15) is 0 Å². The number of methoxy groups -OCH3 is 2. The first-order valence-corrected chi connectivity index (χ1v) is 5.26. The van der Waals surface area contributed by atoms with Crippen molar-refractivity contribution in [2.75, 3.05) is 14.2 Å². The van der Waals surface area contributed by atoms with E-state index in [4.69, 9.17) is 20.3 Å². The molecular formula is C13H13NO5. The Morgan fingerprint density at radius 2 is 1.84 bits per heavy atom. The van der Waals surface area contributed by atoms with Crippen molar-refractivity contribution in [2.45, 2.75) is 6.42 Å². The molecule has 0 aliphatic heterocycles. The van der Waals surface area contributed by atoms with Crippen LogP contribution in [-0.2, 0) is 4.79 Å². The highest BCUT2D eigenvalue weighted by atomic mass is 16.5. The number of carbonyl (C=O) groups excluding carboxylic acids is 1. The Hall–Kier alpha value is -2.68. The third-order valence-corrected chi connectivity index (χ3v) is 2.24. The number of carbonyl (C=O) groups is 2. The number of hydrogen-bond acceptors (Lipinski definition) is 4. The second-order valence-electron chi connectivity index (χ2n) is 3.50. The average Bonchev–Trinajstić information content (AvgIpc) is 2.37. The van der Waals surface area contributed by atoms with Gasteiger partial charge in [-0.3, -0.25) is 4.79 Å². The number of amides is 1. The standard InChI is InChI=1S/C13H13NO5/c1-18-10-6-8(4-3-5-12(14)15)9(13(16)17)7-11(10)19-2/h6-7H,5H2,1-2H3,(H2,14,15)(H,16,17). The van der Waals surface area contributed by atoms with Crippen molar-refractivity contribution >= 4 is 11.9 Å². The van der Waals surface area contributed by atoms with Crippen molar-refractivity contribution in [3.8, 4) is 23.3 Å². The molecule has 1 rings (SSSR count). The van der Waals surface area contributed by atoms with Crippen molar-refractivity contribution in [1.82, 2.24) is 0 Å². The highest BCUT2D eigenvalue weighted by Crippen LogP contribution is 2.30. The SMILES string of the molecule is COc1cc(C#CCC(N)=O)c(C(=O)O)cc1OC.